The number of fused-ring (bicyclic) bond motifs is 1. The summed E-state index contributed by atoms with van der Waals surface area (Å²) in [6, 6.07) is 5.92. The average molecular weight is 359 g/mol. The summed E-state index contributed by atoms with van der Waals surface area (Å²) >= 11 is 9.61. The highest BCUT2D eigenvalue weighted by molar-refractivity contribution is 9.10. The van der Waals surface area contributed by atoms with E-state index in [1.165, 1.54) is 0 Å². The third-order valence-electron chi connectivity index (χ3n) is 2.85. The van der Waals surface area contributed by atoms with Crippen LogP contribution in [-0.4, -0.2) is 21.5 Å². The number of imidazole rings is 1. The SMILES string of the molecule is CC(C)NC(=O)Cn1c(C(C)Cl)nc2cc(Br)ccc21. The summed E-state index contributed by atoms with van der Waals surface area (Å²) in [6.45, 7) is 5.95. The van der Waals surface area contributed by atoms with E-state index in [0.717, 1.165) is 15.5 Å². The van der Waals surface area contributed by atoms with Gasteiger partial charge in [0, 0.05) is 10.5 Å². The van der Waals surface area contributed by atoms with Gasteiger partial charge in [0.25, 0.3) is 0 Å². The lowest BCUT2D eigenvalue weighted by Gasteiger charge is -2.12. The second-order valence-electron chi connectivity index (χ2n) is 5.03. The highest BCUT2D eigenvalue weighted by Crippen LogP contribution is 2.26. The number of hydrogen-bond acceptors (Lipinski definition) is 2. The molecule has 0 bridgehead atoms. The standard InChI is InChI=1S/C14H17BrClN3O/c1-8(2)17-13(20)7-19-12-5-4-10(15)6-11(12)18-14(19)9(3)16/h4-6,8-9H,7H2,1-3H3,(H,17,20). The molecule has 6 heteroatoms. The number of carbonyl (C=O) groups is 1. The summed E-state index contributed by atoms with van der Waals surface area (Å²) in [4.78, 5) is 16.5. The zero-order valence-electron chi connectivity index (χ0n) is 11.7. The van der Waals surface area contributed by atoms with Crippen LogP contribution in [0.1, 0.15) is 32.0 Å². The summed E-state index contributed by atoms with van der Waals surface area (Å²) in [7, 11) is 0. The zero-order chi connectivity index (χ0) is 14.9. The van der Waals surface area contributed by atoms with E-state index >= 15 is 0 Å². The molecule has 1 amide bonds. The molecule has 0 saturated carbocycles. The first-order valence-electron chi connectivity index (χ1n) is 6.47. The minimum atomic E-state index is -0.256. The Labute approximate surface area is 131 Å². The number of benzene rings is 1. The maximum Gasteiger partial charge on any atom is 0.240 e. The van der Waals surface area contributed by atoms with Crippen LogP contribution in [0, 0.1) is 0 Å². The minimum absolute atomic E-state index is 0.0409. The van der Waals surface area contributed by atoms with Crippen LogP contribution in [0.4, 0.5) is 0 Å². The lowest BCUT2D eigenvalue weighted by atomic mass is 10.3. The Bertz CT molecular complexity index is 637. The predicted molar refractivity (Wildman–Crippen MR) is 85.0 cm³/mol. The van der Waals surface area contributed by atoms with E-state index < -0.39 is 0 Å². The van der Waals surface area contributed by atoms with Crippen LogP contribution in [0.25, 0.3) is 11.0 Å². The van der Waals surface area contributed by atoms with Crippen molar-refractivity contribution in [2.75, 3.05) is 0 Å². The second kappa shape index (κ2) is 6.14. The van der Waals surface area contributed by atoms with Crippen molar-refractivity contribution >= 4 is 44.5 Å². The number of rotatable bonds is 4. The number of nitrogens with one attached hydrogen (secondary N) is 1. The smallest absolute Gasteiger partial charge is 0.240 e. The highest BCUT2D eigenvalue weighted by atomic mass is 79.9. The van der Waals surface area contributed by atoms with Crippen molar-refractivity contribution in [3.8, 4) is 0 Å². The first-order valence-corrected chi connectivity index (χ1v) is 7.70. The van der Waals surface area contributed by atoms with E-state index in [0.29, 0.717) is 5.82 Å². The second-order valence-corrected chi connectivity index (χ2v) is 6.60. The number of amides is 1. The topological polar surface area (TPSA) is 46.9 Å². The Balaban J connectivity index is 2.43. The number of carbonyl (C=O) groups excluding carboxylic acids is 1. The number of halogens is 2. The first kappa shape index (κ1) is 15.3. The molecule has 4 nitrogen and oxygen atoms in total. The normalized spacial score (nSPS) is 12.9. The molecule has 1 N–H and O–H groups in total. The molecule has 1 heterocycles. The maximum absolute atomic E-state index is 12.0. The Morgan fingerprint density at radius 2 is 2.15 bits per heavy atom. The molecule has 1 aromatic heterocycles. The van der Waals surface area contributed by atoms with Crippen LogP contribution in [0.15, 0.2) is 22.7 Å². The van der Waals surface area contributed by atoms with E-state index in [1.54, 1.807) is 0 Å². The van der Waals surface area contributed by atoms with Gasteiger partial charge in [-0.1, -0.05) is 15.9 Å². The molecule has 20 heavy (non-hydrogen) atoms. The molecular formula is C14H17BrClN3O. The summed E-state index contributed by atoms with van der Waals surface area (Å²) in [5.41, 5.74) is 1.74. The number of nitrogens with zero attached hydrogens (tertiary/aromatic N) is 2. The largest absolute Gasteiger partial charge is 0.352 e. The molecule has 2 aromatic rings. The van der Waals surface area contributed by atoms with Gasteiger partial charge in [-0.05, 0) is 39.0 Å². The van der Waals surface area contributed by atoms with E-state index in [-0.39, 0.29) is 23.9 Å². The Morgan fingerprint density at radius 1 is 1.45 bits per heavy atom. The molecule has 1 atom stereocenters. The lowest BCUT2D eigenvalue weighted by Crippen LogP contribution is -2.33. The van der Waals surface area contributed by atoms with Gasteiger partial charge < -0.3 is 9.88 Å². The predicted octanol–water partition coefficient (Wildman–Crippen LogP) is 3.62. The van der Waals surface area contributed by atoms with Gasteiger partial charge in [0.1, 0.15) is 12.4 Å². The third-order valence-corrected chi connectivity index (χ3v) is 3.54. The van der Waals surface area contributed by atoms with E-state index in [9.17, 15) is 4.79 Å². The summed E-state index contributed by atoms with van der Waals surface area (Å²) in [6.07, 6.45) is 0. The molecular weight excluding hydrogens is 342 g/mol. The van der Waals surface area contributed by atoms with E-state index in [4.69, 9.17) is 11.6 Å². The summed E-state index contributed by atoms with van der Waals surface area (Å²) in [5, 5.41) is 2.63. The molecule has 0 spiro atoms. The minimum Gasteiger partial charge on any atom is -0.352 e. The molecule has 108 valence electrons. The fourth-order valence-corrected chi connectivity index (χ4v) is 2.62. The highest BCUT2D eigenvalue weighted by Gasteiger charge is 2.17. The average Bonchev–Trinajstić information content (AvgIpc) is 2.66. The molecule has 1 aromatic carbocycles. The molecule has 1 unspecified atom stereocenters. The van der Waals surface area contributed by atoms with Gasteiger partial charge in [0.15, 0.2) is 0 Å². The van der Waals surface area contributed by atoms with E-state index in [1.807, 2.05) is 43.5 Å². The van der Waals surface area contributed by atoms with Crippen molar-refractivity contribution in [3.05, 3.63) is 28.5 Å². The summed E-state index contributed by atoms with van der Waals surface area (Å²) in [5.74, 6) is 0.666. The van der Waals surface area contributed by atoms with Gasteiger partial charge in [-0.25, -0.2) is 4.98 Å². The van der Waals surface area contributed by atoms with Gasteiger partial charge in [-0.3, -0.25) is 4.79 Å². The zero-order valence-corrected chi connectivity index (χ0v) is 14.0. The summed E-state index contributed by atoms with van der Waals surface area (Å²) < 4.78 is 2.83. The molecule has 0 radical (unpaired) electrons. The van der Waals surface area contributed by atoms with Gasteiger partial charge >= 0.3 is 0 Å². The molecule has 0 fully saturated rings. The van der Waals surface area contributed by atoms with Crippen molar-refractivity contribution in [3.63, 3.8) is 0 Å². The lowest BCUT2D eigenvalue weighted by molar-refractivity contribution is -0.122. The van der Waals surface area contributed by atoms with Crippen LogP contribution in [0.3, 0.4) is 0 Å². The van der Waals surface area contributed by atoms with Crippen LogP contribution in [0.5, 0.6) is 0 Å². The van der Waals surface area contributed by atoms with Gasteiger partial charge in [0.05, 0.1) is 16.4 Å². The van der Waals surface area contributed by atoms with E-state index in [2.05, 4.69) is 26.2 Å². The number of alkyl halides is 1. The molecule has 0 aliphatic heterocycles. The monoisotopic (exact) mass is 357 g/mol. The first-order chi connectivity index (χ1) is 9.38. The van der Waals surface area contributed by atoms with Crippen molar-refractivity contribution < 1.29 is 4.79 Å². The van der Waals surface area contributed by atoms with Gasteiger partial charge in [-0.15, -0.1) is 11.6 Å². The molecule has 0 aliphatic carbocycles. The van der Waals surface area contributed by atoms with Gasteiger partial charge in [0.2, 0.25) is 5.91 Å². The molecule has 0 saturated heterocycles. The Kier molecular flexibility index (Phi) is 4.70. The van der Waals surface area contributed by atoms with Crippen molar-refractivity contribution in [2.45, 2.75) is 38.7 Å². The van der Waals surface area contributed by atoms with Crippen molar-refractivity contribution in [2.24, 2.45) is 0 Å². The quantitative estimate of drug-likeness (QED) is 0.849. The van der Waals surface area contributed by atoms with Gasteiger partial charge in [-0.2, -0.15) is 0 Å². The van der Waals surface area contributed by atoms with Crippen molar-refractivity contribution in [1.82, 2.24) is 14.9 Å². The Morgan fingerprint density at radius 3 is 2.75 bits per heavy atom. The fourth-order valence-electron chi connectivity index (χ4n) is 2.10. The maximum atomic E-state index is 12.0. The van der Waals surface area contributed by atoms with Crippen LogP contribution in [0.2, 0.25) is 0 Å². The molecule has 2 rings (SSSR count). The number of aromatic nitrogens is 2. The Hall–Kier alpha value is -1.07. The third kappa shape index (κ3) is 3.33. The van der Waals surface area contributed by atoms with Crippen LogP contribution >= 0.6 is 27.5 Å². The molecule has 0 aliphatic rings. The van der Waals surface area contributed by atoms with Crippen molar-refractivity contribution in [1.29, 1.82) is 0 Å². The fraction of sp³-hybridized carbons (Fsp3) is 0.429. The van der Waals surface area contributed by atoms with Crippen LogP contribution < -0.4 is 5.32 Å². The number of hydrogen-bond donors (Lipinski definition) is 1. The van der Waals surface area contributed by atoms with Crippen LogP contribution in [-0.2, 0) is 11.3 Å².